The fourth-order valence-corrected chi connectivity index (χ4v) is 3.99. The van der Waals surface area contributed by atoms with Crippen LogP contribution in [0.3, 0.4) is 0 Å². The monoisotopic (exact) mass is 320 g/mol. The first kappa shape index (κ1) is 16.3. The number of carbonyl (C=O) groups excluding carboxylic acids is 1. The molecule has 1 N–H and O–H groups in total. The number of aromatic nitrogens is 2. The summed E-state index contributed by atoms with van der Waals surface area (Å²) in [5.74, 6) is 0. The summed E-state index contributed by atoms with van der Waals surface area (Å²) in [5.41, 5.74) is 0.830. The predicted molar refractivity (Wildman–Crippen MR) is 87.9 cm³/mol. The molecule has 1 aliphatic heterocycles. The van der Waals surface area contributed by atoms with Crippen LogP contribution in [0.25, 0.3) is 0 Å². The van der Waals surface area contributed by atoms with Crippen molar-refractivity contribution in [1.29, 1.82) is 0 Å². The summed E-state index contributed by atoms with van der Waals surface area (Å²) in [6, 6.07) is 0.659. The van der Waals surface area contributed by atoms with Gasteiger partial charge in [-0.2, -0.15) is 5.10 Å². The van der Waals surface area contributed by atoms with Crippen LogP contribution in [0.4, 0.5) is 4.79 Å². The number of hydrogen-bond donors (Lipinski definition) is 1. The van der Waals surface area contributed by atoms with E-state index in [0.29, 0.717) is 12.5 Å². The van der Waals surface area contributed by atoms with E-state index >= 15 is 0 Å². The number of urea groups is 1. The molecular formula is C17H28N4O2. The van der Waals surface area contributed by atoms with Crippen LogP contribution < -0.4 is 0 Å². The summed E-state index contributed by atoms with van der Waals surface area (Å²) in [6.45, 7) is 0.806. The highest BCUT2D eigenvalue weighted by atomic mass is 16.3. The van der Waals surface area contributed by atoms with E-state index in [0.717, 1.165) is 37.8 Å². The van der Waals surface area contributed by atoms with Crippen LogP contribution >= 0.6 is 0 Å². The molecular weight excluding hydrogens is 292 g/mol. The van der Waals surface area contributed by atoms with Crippen molar-refractivity contribution in [3.8, 4) is 0 Å². The van der Waals surface area contributed by atoms with Gasteiger partial charge in [0.1, 0.15) is 0 Å². The summed E-state index contributed by atoms with van der Waals surface area (Å²) in [5, 5.41) is 14.6. The number of likely N-dealkylation sites (tertiary alicyclic amines) is 1. The first-order valence-electron chi connectivity index (χ1n) is 8.76. The van der Waals surface area contributed by atoms with Gasteiger partial charge in [0.2, 0.25) is 0 Å². The Hall–Kier alpha value is -1.56. The lowest BCUT2D eigenvalue weighted by Gasteiger charge is -2.33. The third-order valence-electron chi connectivity index (χ3n) is 5.40. The van der Waals surface area contributed by atoms with Crippen LogP contribution in [0, 0.1) is 0 Å². The highest BCUT2D eigenvalue weighted by molar-refractivity contribution is 5.75. The van der Waals surface area contributed by atoms with Crippen molar-refractivity contribution in [2.24, 2.45) is 7.05 Å². The Morgan fingerprint density at radius 1 is 1.39 bits per heavy atom. The standard InChI is InChI=1S/C17H28N4O2/c1-19-12-13(11-18-19)16(22)10-15-8-5-9-21(15)17(23)20(2)14-6-3-4-7-14/h11-12,14-16,22H,3-10H2,1-2H3/t15-,16-/m0/s1. The maximum atomic E-state index is 12.8. The molecule has 1 aromatic heterocycles. The Bertz CT molecular complexity index is 538. The Morgan fingerprint density at radius 3 is 2.78 bits per heavy atom. The van der Waals surface area contributed by atoms with Crippen molar-refractivity contribution in [2.45, 2.75) is 63.1 Å². The SMILES string of the molecule is CN(C(=O)N1CCC[C@H]1C[C@H](O)c1cnn(C)c1)C1CCCC1. The number of aliphatic hydroxyl groups excluding tert-OH is 1. The minimum absolute atomic E-state index is 0.126. The second-order valence-corrected chi connectivity index (χ2v) is 7.02. The molecule has 128 valence electrons. The maximum Gasteiger partial charge on any atom is 0.320 e. The molecule has 0 unspecified atom stereocenters. The normalized spacial score (nSPS) is 23.4. The zero-order valence-corrected chi connectivity index (χ0v) is 14.2. The molecule has 1 saturated heterocycles. The summed E-state index contributed by atoms with van der Waals surface area (Å²) in [7, 11) is 3.78. The lowest BCUT2D eigenvalue weighted by molar-refractivity contribution is 0.108. The minimum Gasteiger partial charge on any atom is -0.388 e. The molecule has 0 radical (unpaired) electrons. The third-order valence-corrected chi connectivity index (χ3v) is 5.40. The van der Waals surface area contributed by atoms with E-state index in [2.05, 4.69) is 5.10 Å². The molecule has 2 fully saturated rings. The minimum atomic E-state index is -0.557. The number of carbonyl (C=O) groups is 1. The lowest BCUT2D eigenvalue weighted by atomic mass is 10.0. The average Bonchev–Trinajstić information content (AvgIpc) is 3.26. The summed E-state index contributed by atoms with van der Waals surface area (Å²) >= 11 is 0. The fourth-order valence-electron chi connectivity index (χ4n) is 3.99. The van der Waals surface area contributed by atoms with E-state index < -0.39 is 6.10 Å². The lowest BCUT2D eigenvalue weighted by Crippen LogP contribution is -2.47. The van der Waals surface area contributed by atoms with Gasteiger partial charge in [0.05, 0.1) is 12.3 Å². The molecule has 0 bridgehead atoms. The van der Waals surface area contributed by atoms with Gasteiger partial charge in [-0.05, 0) is 32.1 Å². The van der Waals surface area contributed by atoms with Gasteiger partial charge in [0.25, 0.3) is 0 Å². The van der Waals surface area contributed by atoms with Crippen molar-refractivity contribution < 1.29 is 9.90 Å². The van der Waals surface area contributed by atoms with Crippen LogP contribution in [0.1, 0.15) is 56.6 Å². The van der Waals surface area contributed by atoms with E-state index in [9.17, 15) is 9.90 Å². The van der Waals surface area contributed by atoms with Crippen LogP contribution in [0.15, 0.2) is 12.4 Å². The van der Waals surface area contributed by atoms with Gasteiger partial charge in [-0.1, -0.05) is 12.8 Å². The molecule has 23 heavy (non-hydrogen) atoms. The van der Waals surface area contributed by atoms with Crippen molar-refractivity contribution in [3.05, 3.63) is 18.0 Å². The molecule has 0 aromatic carbocycles. The number of aliphatic hydroxyl groups is 1. The third kappa shape index (κ3) is 3.52. The van der Waals surface area contributed by atoms with Crippen LogP contribution in [0.5, 0.6) is 0 Å². The molecule has 6 heteroatoms. The molecule has 3 rings (SSSR count). The van der Waals surface area contributed by atoms with Gasteiger partial charge >= 0.3 is 6.03 Å². The van der Waals surface area contributed by atoms with Gasteiger partial charge in [-0.25, -0.2) is 4.79 Å². The molecule has 6 nitrogen and oxygen atoms in total. The van der Waals surface area contributed by atoms with Crippen LogP contribution in [-0.4, -0.2) is 56.4 Å². The van der Waals surface area contributed by atoms with Crippen LogP contribution in [0.2, 0.25) is 0 Å². The van der Waals surface area contributed by atoms with E-state index in [1.165, 1.54) is 12.8 Å². The summed E-state index contributed by atoms with van der Waals surface area (Å²) < 4.78 is 1.70. The number of rotatable bonds is 4. The van der Waals surface area contributed by atoms with E-state index in [1.54, 1.807) is 10.9 Å². The van der Waals surface area contributed by atoms with Crippen molar-refractivity contribution in [3.63, 3.8) is 0 Å². The summed E-state index contributed by atoms with van der Waals surface area (Å²) in [4.78, 5) is 16.7. The largest absolute Gasteiger partial charge is 0.388 e. The molecule has 1 saturated carbocycles. The highest BCUT2D eigenvalue weighted by Crippen LogP contribution is 2.30. The van der Waals surface area contributed by atoms with Gasteiger partial charge in [0.15, 0.2) is 0 Å². The van der Waals surface area contributed by atoms with E-state index in [4.69, 9.17) is 0 Å². The zero-order valence-electron chi connectivity index (χ0n) is 14.2. The van der Waals surface area contributed by atoms with Crippen molar-refractivity contribution in [1.82, 2.24) is 19.6 Å². The van der Waals surface area contributed by atoms with Crippen molar-refractivity contribution in [2.75, 3.05) is 13.6 Å². The molecule has 2 heterocycles. The van der Waals surface area contributed by atoms with E-state index in [1.807, 2.05) is 30.1 Å². The molecule has 0 spiro atoms. The van der Waals surface area contributed by atoms with Gasteiger partial charge in [-0.15, -0.1) is 0 Å². The Morgan fingerprint density at radius 2 is 2.13 bits per heavy atom. The summed E-state index contributed by atoms with van der Waals surface area (Å²) in [6.07, 6.45) is 10.3. The zero-order chi connectivity index (χ0) is 16.4. The number of aryl methyl sites for hydroxylation is 1. The Kier molecular flexibility index (Phi) is 4.90. The average molecular weight is 320 g/mol. The molecule has 1 aromatic rings. The topological polar surface area (TPSA) is 61.6 Å². The van der Waals surface area contributed by atoms with Gasteiger partial charge in [0, 0.05) is 44.5 Å². The Balaban J connectivity index is 1.61. The van der Waals surface area contributed by atoms with Crippen LogP contribution in [-0.2, 0) is 7.05 Å². The maximum absolute atomic E-state index is 12.8. The second kappa shape index (κ2) is 6.91. The first-order chi connectivity index (χ1) is 11.1. The van der Waals surface area contributed by atoms with E-state index in [-0.39, 0.29) is 12.1 Å². The number of hydrogen-bond acceptors (Lipinski definition) is 3. The molecule has 2 amide bonds. The van der Waals surface area contributed by atoms with Gasteiger partial charge < -0.3 is 14.9 Å². The smallest absolute Gasteiger partial charge is 0.320 e. The second-order valence-electron chi connectivity index (χ2n) is 7.02. The molecule has 1 aliphatic carbocycles. The Labute approximate surface area is 138 Å². The number of nitrogens with zero attached hydrogens (tertiary/aromatic N) is 4. The number of amides is 2. The molecule has 2 atom stereocenters. The quantitative estimate of drug-likeness (QED) is 0.926. The predicted octanol–water partition coefficient (Wildman–Crippen LogP) is 2.30. The van der Waals surface area contributed by atoms with Crippen molar-refractivity contribution >= 4 is 6.03 Å². The highest BCUT2D eigenvalue weighted by Gasteiger charge is 2.34. The first-order valence-corrected chi connectivity index (χ1v) is 8.76. The molecule has 2 aliphatic rings. The van der Waals surface area contributed by atoms with Gasteiger partial charge in [-0.3, -0.25) is 4.68 Å². The fraction of sp³-hybridized carbons (Fsp3) is 0.765.